The normalized spacial score (nSPS) is 17.1. The molecule has 2 aliphatic heterocycles. The number of nitrogens with zero attached hydrogens (tertiary/aromatic N) is 3. The molecule has 1 amide bonds. The summed E-state index contributed by atoms with van der Waals surface area (Å²) in [4.78, 5) is 28.9. The van der Waals surface area contributed by atoms with E-state index in [0.29, 0.717) is 18.7 Å². The van der Waals surface area contributed by atoms with E-state index in [1.165, 1.54) is 0 Å². The molecule has 0 unspecified atom stereocenters. The molecule has 0 radical (unpaired) electrons. The quantitative estimate of drug-likeness (QED) is 0.819. The number of rotatable bonds is 2. The van der Waals surface area contributed by atoms with E-state index in [4.69, 9.17) is 4.74 Å². The number of morpholine rings is 1. The zero-order valence-electron chi connectivity index (χ0n) is 15.0. The van der Waals surface area contributed by atoms with Crippen molar-refractivity contribution in [2.75, 3.05) is 37.7 Å². The van der Waals surface area contributed by atoms with Crippen molar-refractivity contribution in [2.45, 2.75) is 13.0 Å². The van der Waals surface area contributed by atoms with Crippen LogP contribution in [0.15, 0.2) is 41.3 Å². The van der Waals surface area contributed by atoms with E-state index < -0.39 is 0 Å². The number of carbonyl (C=O) groups excluding carboxylic acids is 1. The number of benzene rings is 1. The lowest BCUT2D eigenvalue weighted by Gasteiger charge is -2.31. The van der Waals surface area contributed by atoms with Crippen LogP contribution in [0.25, 0.3) is 0 Å². The van der Waals surface area contributed by atoms with Crippen LogP contribution >= 0.6 is 0 Å². The van der Waals surface area contributed by atoms with Crippen LogP contribution < -0.4 is 10.5 Å². The summed E-state index contributed by atoms with van der Waals surface area (Å²) in [5.41, 5.74) is 3.89. The highest BCUT2D eigenvalue weighted by Crippen LogP contribution is 2.22. The summed E-state index contributed by atoms with van der Waals surface area (Å²) >= 11 is 0. The average Bonchev–Trinajstić information content (AvgIpc) is 2.69. The third kappa shape index (κ3) is 3.24. The number of anilines is 1. The van der Waals surface area contributed by atoms with Gasteiger partial charge in [-0.1, -0.05) is 6.07 Å². The highest BCUT2D eigenvalue weighted by Gasteiger charge is 2.23. The van der Waals surface area contributed by atoms with E-state index in [9.17, 15) is 9.59 Å². The minimum absolute atomic E-state index is 0.00161. The second-order valence-electron chi connectivity index (χ2n) is 6.90. The lowest BCUT2D eigenvalue weighted by molar-refractivity contribution is 0.0734. The minimum atomic E-state index is 0.00161. The molecule has 26 heavy (non-hydrogen) atoms. The van der Waals surface area contributed by atoms with Gasteiger partial charge in [-0.2, -0.15) is 0 Å². The smallest absolute Gasteiger partial charge is 0.254 e. The van der Waals surface area contributed by atoms with Crippen molar-refractivity contribution in [3.8, 4) is 0 Å². The Morgan fingerprint density at radius 3 is 2.69 bits per heavy atom. The second-order valence-corrected chi connectivity index (χ2v) is 6.90. The molecule has 0 aliphatic carbocycles. The van der Waals surface area contributed by atoms with Gasteiger partial charge in [-0.15, -0.1) is 0 Å². The molecular formula is C20H23N3O3. The summed E-state index contributed by atoms with van der Waals surface area (Å²) in [5, 5.41) is 0. The number of hydrogen-bond donors (Lipinski definition) is 0. The fraction of sp³-hybridized carbons (Fsp3) is 0.400. The maximum Gasteiger partial charge on any atom is 0.254 e. The van der Waals surface area contributed by atoms with Crippen LogP contribution in [0.3, 0.4) is 0 Å². The van der Waals surface area contributed by atoms with Gasteiger partial charge in [-0.25, -0.2) is 0 Å². The molecule has 0 bridgehead atoms. The SMILES string of the molecule is Cn1cc2c(cc1=O)CCN(C(=O)c1cccc(N3CCOCC3)c1)C2. The van der Waals surface area contributed by atoms with E-state index in [1.54, 1.807) is 17.7 Å². The van der Waals surface area contributed by atoms with E-state index in [2.05, 4.69) is 4.90 Å². The van der Waals surface area contributed by atoms with Crippen molar-refractivity contribution >= 4 is 11.6 Å². The first-order valence-corrected chi connectivity index (χ1v) is 9.02. The van der Waals surface area contributed by atoms with Crippen LogP contribution in [0.5, 0.6) is 0 Å². The van der Waals surface area contributed by atoms with Gasteiger partial charge in [0.2, 0.25) is 0 Å². The van der Waals surface area contributed by atoms with Gasteiger partial charge in [0.05, 0.1) is 13.2 Å². The van der Waals surface area contributed by atoms with Gasteiger partial charge in [-0.3, -0.25) is 9.59 Å². The molecule has 136 valence electrons. The molecule has 1 fully saturated rings. The molecule has 0 atom stereocenters. The highest BCUT2D eigenvalue weighted by atomic mass is 16.5. The number of fused-ring (bicyclic) bond motifs is 1. The molecule has 1 saturated heterocycles. The van der Waals surface area contributed by atoms with Crippen molar-refractivity contribution in [1.29, 1.82) is 0 Å². The molecule has 2 aliphatic rings. The Balaban J connectivity index is 1.54. The molecular weight excluding hydrogens is 330 g/mol. The van der Waals surface area contributed by atoms with E-state index in [0.717, 1.165) is 49.5 Å². The monoisotopic (exact) mass is 353 g/mol. The molecule has 1 aromatic heterocycles. The third-order valence-electron chi connectivity index (χ3n) is 5.18. The molecule has 0 N–H and O–H groups in total. The molecule has 4 rings (SSSR count). The standard InChI is InChI=1S/C20H23N3O3/c1-21-13-17-14-23(6-5-15(17)12-19(21)24)20(25)16-3-2-4-18(11-16)22-7-9-26-10-8-22/h2-4,11-13H,5-10,14H2,1H3. The lowest BCUT2D eigenvalue weighted by atomic mass is 10.0. The number of carbonyl (C=O) groups is 1. The Hall–Kier alpha value is -2.60. The Kier molecular flexibility index (Phi) is 4.51. The Labute approximate surface area is 152 Å². The van der Waals surface area contributed by atoms with Gasteiger partial charge in [0.15, 0.2) is 0 Å². The van der Waals surface area contributed by atoms with Gasteiger partial charge >= 0.3 is 0 Å². The summed E-state index contributed by atoms with van der Waals surface area (Å²) in [7, 11) is 1.75. The highest BCUT2D eigenvalue weighted by molar-refractivity contribution is 5.95. The first-order valence-electron chi connectivity index (χ1n) is 9.02. The summed E-state index contributed by atoms with van der Waals surface area (Å²) in [6.07, 6.45) is 2.57. The molecule has 1 aromatic carbocycles. The van der Waals surface area contributed by atoms with Gasteiger partial charge in [0.1, 0.15) is 0 Å². The number of hydrogen-bond acceptors (Lipinski definition) is 4. The predicted octanol–water partition coefficient (Wildman–Crippen LogP) is 1.42. The van der Waals surface area contributed by atoms with Crippen molar-refractivity contribution in [3.05, 3.63) is 63.6 Å². The van der Waals surface area contributed by atoms with Crippen LogP contribution in [0.2, 0.25) is 0 Å². The molecule has 6 heteroatoms. The first-order chi connectivity index (χ1) is 12.6. The zero-order valence-corrected chi connectivity index (χ0v) is 15.0. The Morgan fingerprint density at radius 1 is 1.08 bits per heavy atom. The van der Waals surface area contributed by atoms with E-state index in [-0.39, 0.29) is 11.5 Å². The van der Waals surface area contributed by atoms with E-state index >= 15 is 0 Å². The fourth-order valence-electron chi connectivity index (χ4n) is 3.65. The maximum absolute atomic E-state index is 13.0. The number of amides is 1. The topological polar surface area (TPSA) is 54.8 Å². The predicted molar refractivity (Wildman–Crippen MR) is 99.6 cm³/mol. The van der Waals surface area contributed by atoms with Gasteiger partial charge < -0.3 is 19.1 Å². The fourth-order valence-corrected chi connectivity index (χ4v) is 3.65. The number of pyridine rings is 1. The van der Waals surface area contributed by atoms with Crippen LogP contribution in [0.1, 0.15) is 21.5 Å². The summed E-state index contributed by atoms with van der Waals surface area (Å²) < 4.78 is 6.98. The molecule has 0 spiro atoms. The van der Waals surface area contributed by atoms with Crippen molar-refractivity contribution in [2.24, 2.45) is 7.05 Å². The largest absolute Gasteiger partial charge is 0.378 e. The van der Waals surface area contributed by atoms with E-state index in [1.807, 2.05) is 35.4 Å². The van der Waals surface area contributed by atoms with Crippen LogP contribution in [-0.2, 0) is 24.8 Å². The van der Waals surface area contributed by atoms with Gasteiger partial charge in [-0.05, 0) is 35.7 Å². The van der Waals surface area contributed by atoms with Gasteiger partial charge in [0.25, 0.3) is 11.5 Å². The molecule has 2 aromatic rings. The molecule has 6 nitrogen and oxygen atoms in total. The second kappa shape index (κ2) is 6.96. The van der Waals surface area contributed by atoms with Crippen molar-refractivity contribution in [3.63, 3.8) is 0 Å². The first kappa shape index (κ1) is 16.8. The summed E-state index contributed by atoms with van der Waals surface area (Å²) in [6.45, 7) is 4.33. The average molecular weight is 353 g/mol. The Morgan fingerprint density at radius 2 is 1.88 bits per heavy atom. The van der Waals surface area contributed by atoms with Gasteiger partial charge in [0, 0.05) is 56.7 Å². The van der Waals surface area contributed by atoms with Crippen LogP contribution in [-0.4, -0.2) is 48.2 Å². The van der Waals surface area contributed by atoms with Crippen molar-refractivity contribution < 1.29 is 9.53 Å². The summed E-state index contributed by atoms with van der Waals surface area (Å²) in [6, 6.07) is 9.53. The lowest BCUT2D eigenvalue weighted by Crippen LogP contribution is -2.38. The number of aromatic nitrogens is 1. The third-order valence-corrected chi connectivity index (χ3v) is 5.18. The number of ether oxygens (including phenoxy) is 1. The van der Waals surface area contributed by atoms with Crippen LogP contribution in [0, 0.1) is 0 Å². The minimum Gasteiger partial charge on any atom is -0.378 e. The maximum atomic E-state index is 13.0. The zero-order chi connectivity index (χ0) is 18.1. The Bertz CT molecular complexity index is 884. The molecule has 0 saturated carbocycles. The van der Waals surface area contributed by atoms with Crippen LogP contribution in [0.4, 0.5) is 5.69 Å². The summed E-state index contributed by atoms with van der Waals surface area (Å²) in [5.74, 6) is 0.0413. The number of aryl methyl sites for hydroxylation is 1. The molecule has 3 heterocycles. The van der Waals surface area contributed by atoms with Crippen molar-refractivity contribution in [1.82, 2.24) is 9.47 Å².